The number of hydrogen-bond acceptors (Lipinski definition) is 4. The molecule has 5 nitrogen and oxygen atoms in total. The van der Waals surface area contributed by atoms with Crippen LogP contribution in [0.2, 0.25) is 0 Å². The van der Waals surface area contributed by atoms with Crippen LogP contribution in [-0.2, 0) is 21.2 Å². The fourth-order valence-electron chi connectivity index (χ4n) is 1.58. The van der Waals surface area contributed by atoms with Crippen LogP contribution in [0.3, 0.4) is 0 Å². The summed E-state index contributed by atoms with van der Waals surface area (Å²) in [6.45, 7) is 4.32. The zero-order valence-corrected chi connectivity index (χ0v) is 12.9. The van der Waals surface area contributed by atoms with E-state index >= 15 is 0 Å². The topological polar surface area (TPSA) is 89.3 Å². The quantitative estimate of drug-likeness (QED) is 0.822. The normalized spacial score (nSPS) is 13.2. The molecule has 0 radical (unpaired) electrons. The van der Waals surface area contributed by atoms with Crippen molar-refractivity contribution in [2.75, 3.05) is 6.26 Å². The minimum atomic E-state index is -3.18. The Labute approximate surface area is 120 Å². The molecule has 0 aliphatic carbocycles. The molecule has 0 saturated carbocycles. The third-order valence-electron chi connectivity index (χ3n) is 3.12. The summed E-state index contributed by atoms with van der Waals surface area (Å²) < 4.78 is 22.6. The van der Waals surface area contributed by atoms with Crippen LogP contribution in [0, 0.1) is 5.92 Å². The fraction of sp³-hybridized carbons (Fsp3) is 0.500. The zero-order chi connectivity index (χ0) is 15.3. The molecule has 6 heteroatoms. The predicted molar refractivity (Wildman–Crippen MR) is 78.8 cm³/mol. The Morgan fingerprint density at radius 2 is 1.80 bits per heavy atom. The summed E-state index contributed by atoms with van der Waals surface area (Å²) in [5, 5.41) is 2.77. The van der Waals surface area contributed by atoms with E-state index in [0.717, 1.165) is 11.8 Å². The molecule has 0 aromatic heterocycles. The van der Waals surface area contributed by atoms with Gasteiger partial charge in [0.05, 0.1) is 4.90 Å². The van der Waals surface area contributed by atoms with Gasteiger partial charge in [-0.1, -0.05) is 26.0 Å². The van der Waals surface area contributed by atoms with Crippen LogP contribution >= 0.6 is 0 Å². The van der Waals surface area contributed by atoms with Gasteiger partial charge in [-0.3, -0.25) is 4.79 Å². The van der Waals surface area contributed by atoms with Crippen LogP contribution in [0.4, 0.5) is 0 Å². The van der Waals surface area contributed by atoms with Crippen molar-refractivity contribution in [3.63, 3.8) is 0 Å². The van der Waals surface area contributed by atoms with Crippen LogP contribution in [0.5, 0.6) is 0 Å². The Morgan fingerprint density at radius 3 is 2.25 bits per heavy atom. The Balaban J connectivity index is 2.52. The molecule has 1 unspecified atom stereocenters. The number of nitrogens with one attached hydrogen (secondary N) is 1. The van der Waals surface area contributed by atoms with Gasteiger partial charge in [-0.05, 0) is 23.6 Å². The van der Waals surface area contributed by atoms with E-state index in [0.29, 0.717) is 13.0 Å². The van der Waals surface area contributed by atoms with Crippen molar-refractivity contribution < 1.29 is 13.2 Å². The van der Waals surface area contributed by atoms with E-state index in [1.165, 1.54) is 12.1 Å². The maximum Gasteiger partial charge on any atom is 0.221 e. The molecule has 1 amide bonds. The van der Waals surface area contributed by atoms with Gasteiger partial charge in [0.15, 0.2) is 9.84 Å². The predicted octanol–water partition coefficient (Wildman–Crippen LogP) is 1.08. The van der Waals surface area contributed by atoms with Gasteiger partial charge < -0.3 is 11.1 Å². The van der Waals surface area contributed by atoms with Crippen LogP contribution in [0.1, 0.15) is 25.8 Å². The van der Waals surface area contributed by atoms with Crippen molar-refractivity contribution in [1.29, 1.82) is 0 Å². The highest BCUT2D eigenvalue weighted by Gasteiger charge is 2.12. The van der Waals surface area contributed by atoms with E-state index in [9.17, 15) is 13.2 Å². The first kappa shape index (κ1) is 16.7. The lowest BCUT2D eigenvalue weighted by molar-refractivity contribution is -0.121. The maximum atomic E-state index is 11.7. The van der Waals surface area contributed by atoms with Crippen LogP contribution in [0.25, 0.3) is 0 Å². The molecule has 0 aliphatic rings. The zero-order valence-electron chi connectivity index (χ0n) is 12.1. The Morgan fingerprint density at radius 1 is 1.25 bits per heavy atom. The van der Waals surface area contributed by atoms with E-state index in [2.05, 4.69) is 5.32 Å². The molecule has 112 valence electrons. The van der Waals surface area contributed by atoms with Gasteiger partial charge in [0.25, 0.3) is 0 Å². The van der Waals surface area contributed by atoms with Gasteiger partial charge in [-0.15, -0.1) is 0 Å². The Hall–Kier alpha value is -1.40. The van der Waals surface area contributed by atoms with Gasteiger partial charge in [0.2, 0.25) is 5.91 Å². The van der Waals surface area contributed by atoms with E-state index < -0.39 is 9.84 Å². The number of sulfone groups is 1. The lowest BCUT2D eigenvalue weighted by Crippen LogP contribution is -2.34. The van der Waals surface area contributed by atoms with Crippen molar-refractivity contribution in [2.45, 2.75) is 37.8 Å². The summed E-state index contributed by atoms with van der Waals surface area (Å²) in [7, 11) is -3.18. The van der Waals surface area contributed by atoms with E-state index in [1.807, 2.05) is 13.8 Å². The summed E-state index contributed by atoms with van der Waals surface area (Å²) in [6.07, 6.45) is 1.45. The SMILES string of the molecule is CC(C)C(N)CC(=O)NCc1ccc(S(C)(=O)=O)cc1. The second kappa shape index (κ2) is 6.85. The van der Waals surface area contributed by atoms with Gasteiger partial charge >= 0.3 is 0 Å². The molecule has 0 spiro atoms. The van der Waals surface area contributed by atoms with Crippen molar-refractivity contribution in [3.05, 3.63) is 29.8 Å². The second-order valence-corrected chi connectivity index (χ2v) is 7.32. The highest BCUT2D eigenvalue weighted by Crippen LogP contribution is 2.10. The van der Waals surface area contributed by atoms with E-state index in [-0.39, 0.29) is 22.8 Å². The summed E-state index contributed by atoms with van der Waals surface area (Å²) in [5.41, 5.74) is 6.68. The molecule has 0 heterocycles. The number of benzene rings is 1. The smallest absolute Gasteiger partial charge is 0.221 e. The number of amides is 1. The molecular weight excluding hydrogens is 276 g/mol. The first-order valence-electron chi connectivity index (χ1n) is 6.51. The summed E-state index contributed by atoms with van der Waals surface area (Å²) in [6, 6.07) is 6.31. The molecule has 1 atom stereocenters. The lowest BCUT2D eigenvalue weighted by Gasteiger charge is -2.15. The number of carbonyl (C=O) groups is 1. The van der Waals surface area contributed by atoms with Crippen LogP contribution in [-0.4, -0.2) is 26.6 Å². The third kappa shape index (κ3) is 5.30. The van der Waals surface area contributed by atoms with Crippen molar-refractivity contribution in [2.24, 2.45) is 11.7 Å². The number of carbonyl (C=O) groups excluding carboxylic acids is 1. The summed E-state index contributed by atoms with van der Waals surface area (Å²) >= 11 is 0. The summed E-state index contributed by atoms with van der Waals surface area (Å²) in [5.74, 6) is 0.160. The molecule has 3 N–H and O–H groups in total. The minimum absolute atomic E-state index is 0.0987. The number of rotatable bonds is 6. The standard InChI is InChI=1S/C14H22N2O3S/c1-10(2)13(15)8-14(17)16-9-11-4-6-12(7-5-11)20(3,18)19/h4-7,10,13H,8-9,15H2,1-3H3,(H,16,17). The van der Waals surface area contributed by atoms with Gasteiger partial charge in [-0.2, -0.15) is 0 Å². The van der Waals surface area contributed by atoms with E-state index in [1.54, 1.807) is 12.1 Å². The number of hydrogen-bond donors (Lipinski definition) is 2. The van der Waals surface area contributed by atoms with Crippen molar-refractivity contribution in [3.8, 4) is 0 Å². The molecule has 1 aromatic carbocycles. The summed E-state index contributed by atoms with van der Waals surface area (Å²) in [4.78, 5) is 11.9. The largest absolute Gasteiger partial charge is 0.352 e. The Bertz CT molecular complexity index is 550. The second-order valence-electron chi connectivity index (χ2n) is 5.30. The Kier molecular flexibility index (Phi) is 5.71. The van der Waals surface area contributed by atoms with Crippen molar-refractivity contribution in [1.82, 2.24) is 5.32 Å². The molecule has 1 rings (SSSR count). The highest BCUT2D eigenvalue weighted by molar-refractivity contribution is 7.90. The van der Waals surface area contributed by atoms with Crippen LogP contribution < -0.4 is 11.1 Å². The monoisotopic (exact) mass is 298 g/mol. The number of nitrogens with two attached hydrogens (primary N) is 1. The molecule has 1 aromatic rings. The van der Waals surface area contributed by atoms with E-state index in [4.69, 9.17) is 5.73 Å². The van der Waals surface area contributed by atoms with Gasteiger partial charge in [0.1, 0.15) is 0 Å². The molecular formula is C14H22N2O3S. The maximum absolute atomic E-state index is 11.7. The fourth-order valence-corrected chi connectivity index (χ4v) is 2.21. The average molecular weight is 298 g/mol. The lowest BCUT2D eigenvalue weighted by atomic mass is 10.0. The minimum Gasteiger partial charge on any atom is -0.352 e. The average Bonchev–Trinajstić information content (AvgIpc) is 2.35. The first-order chi connectivity index (χ1) is 9.20. The van der Waals surface area contributed by atoms with Gasteiger partial charge in [0, 0.05) is 25.3 Å². The van der Waals surface area contributed by atoms with Crippen LogP contribution in [0.15, 0.2) is 29.2 Å². The molecule has 0 aliphatic heterocycles. The molecule has 0 fully saturated rings. The molecule has 20 heavy (non-hydrogen) atoms. The molecule has 0 saturated heterocycles. The van der Waals surface area contributed by atoms with Crippen molar-refractivity contribution >= 4 is 15.7 Å². The first-order valence-corrected chi connectivity index (χ1v) is 8.40. The van der Waals surface area contributed by atoms with Gasteiger partial charge in [-0.25, -0.2) is 8.42 Å². The third-order valence-corrected chi connectivity index (χ3v) is 4.25. The highest BCUT2D eigenvalue weighted by atomic mass is 32.2. The molecule has 0 bridgehead atoms.